The van der Waals surface area contributed by atoms with Crippen molar-refractivity contribution in [3.63, 3.8) is 0 Å². The van der Waals surface area contributed by atoms with Gasteiger partial charge in [-0.3, -0.25) is 0 Å². The van der Waals surface area contributed by atoms with Crippen LogP contribution < -0.4 is 10.1 Å². The van der Waals surface area contributed by atoms with E-state index in [0.717, 1.165) is 10.6 Å². The Labute approximate surface area is 119 Å². The van der Waals surface area contributed by atoms with E-state index in [-0.39, 0.29) is 0 Å². The Hall–Kier alpha value is -0.440. The third-order valence-corrected chi connectivity index (χ3v) is 4.24. The highest BCUT2D eigenvalue weighted by molar-refractivity contribution is 6.34. The van der Waals surface area contributed by atoms with Gasteiger partial charge in [0, 0.05) is 17.1 Å². The minimum absolute atomic E-state index is 0.291. The van der Waals surface area contributed by atoms with Crippen LogP contribution in [0.5, 0.6) is 5.75 Å². The molecule has 0 bridgehead atoms. The van der Waals surface area contributed by atoms with E-state index in [9.17, 15) is 0 Å². The first-order valence-electron chi connectivity index (χ1n) is 6.46. The Morgan fingerprint density at radius 2 is 2.06 bits per heavy atom. The highest BCUT2D eigenvalue weighted by Gasteiger charge is 2.29. The van der Waals surface area contributed by atoms with E-state index in [0.29, 0.717) is 29.3 Å². The Balaban J connectivity index is 2.29. The van der Waals surface area contributed by atoms with Gasteiger partial charge >= 0.3 is 0 Å². The minimum Gasteiger partial charge on any atom is -0.492 e. The fourth-order valence-corrected chi connectivity index (χ4v) is 2.96. The molecule has 1 unspecified atom stereocenters. The van der Waals surface area contributed by atoms with Crippen LogP contribution in [0.25, 0.3) is 0 Å². The van der Waals surface area contributed by atoms with E-state index in [1.807, 2.05) is 26.1 Å². The van der Waals surface area contributed by atoms with Crippen molar-refractivity contribution < 1.29 is 4.74 Å². The fourth-order valence-electron chi connectivity index (χ4n) is 2.47. The lowest BCUT2D eigenvalue weighted by atomic mass is 9.77. The van der Waals surface area contributed by atoms with Gasteiger partial charge in [0.05, 0.1) is 11.6 Å². The van der Waals surface area contributed by atoms with Crippen LogP contribution in [-0.4, -0.2) is 13.7 Å². The summed E-state index contributed by atoms with van der Waals surface area (Å²) in [7, 11) is 1.98. The summed E-state index contributed by atoms with van der Waals surface area (Å²) < 4.78 is 5.45. The topological polar surface area (TPSA) is 21.3 Å². The number of nitrogens with one attached hydrogen (secondary N) is 1. The van der Waals surface area contributed by atoms with Crippen LogP contribution in [0.2, 0.25) is 10.0 Å². The number of halogens is 2. The van der Waals surface area contributed by atoms with Crippen molar-refractivity contribution in [1.29, 1.82) is 0 Å². The highest BCUT2D eigenvalue weighted by Crippen LogP contribution is 2.42. The molecule has 1 atom stereocenters. The number of benzene rings is 1. The maximum atomic E-state index is 6.36. The van der Waals surface area contributed by atoms with Gasteiger partial charge in [0.1, 0.15) is 5.75 Å². The van der Waals surface area contributed by atoms with Crippen molar-refractivity contribution in [2.24, 2.45) is 5.92 Å². The summed E-state index contributed by atoms with van der Waals surface area (Å²) in [5.41, 5.74) is 1.08. The molecule has 1 fully saturated rings. The van der Waals surface area contributed by atoms with Crippen molar-refractivity contribution in [2.75, 3.05) is 13.7 Å². The number of hydrogen-bond acceptors (Lipinski definition) is 2. The highest BCUT2D eigenvalue weighted by atomic mass is 35.5. The Bertz CT molecular complexity index is 419. The fraction of sp³-hybridized carbons (Fsp3) is 0.571. The molecule has 1 aromatic carbocycles. The molecule has 0 radical (unpaired) electrons. The number of hydrogen-bond donors (Lipinski definition) is 1. The maximum Gasteiger partial charge on any atom is 0.139 e. The summed E-state index contributed by atoms with van der Waals surface area (Å²) in [6.07, 6.45) is 3.82. The lowest BCUT2D eigenvalue weighted by Crippen LogP contribution is -2.30. The molecule has 1 N–H and O–H groups in total. The van der Waals surface area contributed by atoms with Gasteiger partial charge < -0.3 is 10.1 Å². The average molecular weight is 288 g/mol. The van der Waals surface area contributed by atoms with E-state index in [2.05, 4.69) is 5.32 Å². The number of ether oxygens (including phenoxy) is 1. The van der Waals surface area contributed by atoms with Gasteiger partial charge in [0.15, 0.2) is 0 Å². The summed E-state index contributed by atoms with van der Waals surface area (Å²) in [5.74, 6) is 1.33. The molecule has 1 aliphatic rings. The molecule has 2 rings (SSSR count). The quantitative estimate of drug-likeness (QED) is 0.864. The van der Waals surface area contributed by atoms with E-state index < -0.39 is 0 Å². The van der Waals surface area contributed by atoms with Crippen LogP contribution in [0.1, 0.15) is 37.8 Å². The lowest BCUT2D eigenvalue weighted by Gasteiger charge is -2.34. The zero-order valence-electron chi connectivity index (χ0n) is 10.8. The Morgan fingerprint density at radius 1 is 1.33 bits per heavy atom. The van der Waals surface area contributed by atoms with Crippen molar-refractivity contribution in [3.05, 3.63) is 27.7 Å². The lowest BCUT2D eigenvalue weighted by molar-refractivity contribution is 0.239. The monoisotopic (exact) mass is 287 g/mol. The third-order valence-electron chi connectivity index (χ3n) is 3.62. The van der Waals surface area contributed by atoms with Gasteiger partial charge in [-0.25, -0.2) is 0 Å². The molecule has 0 amide bonds. The van der Waals surface area contributed by atoms with E-state index >= 15 is 0 Å². The second-order valence-electron chi connectivity index (χ2n) is 4.69. The molecular weight excluding hydrogens is 269 g/mol. The zero-order valence-corrected chi connectivity index (χ0v) is 12.3. The van der Waals surface area contributed by atoms with Gasteiger partial charge in [-0.2, -0.15) is 0 Å². The molecule has 2 nitrogen and oxygen atoms in total. The largest absolute Gasteiger partial charge is 0.492 e. The van der Waals surface area contributed by atoms with E-state index in [4.69, 9.17) is 27.9 Å². The van der Waals surface area contributed by atoms with E-state index in [1.165, 1.54) is 19.3 Å². The molecule has 1 aromatic rings. The Kier molecular flexibility index (Phi) is 4.77. The SMILES string of the molecule is CCOc1cc(Cl)c(C(NC)C2CCC2)cc1Cl. The summed E-state index contributed by atoms with van der Waals surface area (Å²) in [6, 6.07) is 4.06. The van der Waals surface area contributed by atoms with Crippen molar-refractivity contribution in [1.82, 2.24) is 5.32 Å². The summed E-state index contributed by atoms with van der Waals surface area (Å²) in [6.45, 7) is 2.52. The van der Waals surface area contributed by atoms with Crippen LogP contribution in [0, 0.1) is 5.92 Å². The molecule has 100 valence electrons. The van der Waals surface area contributed by atoms with Gasteiger partial charge in [0.25, 0.3) is 0 Å². The molecule has 18 heavy (non-hydrogen) atoms. The van der Waals surface area contributed by atoms with Crippen LogP contribution in [0.4, 0.5) is 0 Å². The first-order chi connectivity index (χ1) is 8.67. The average Bonchev–Trinajstić information content (AvgIpc) is 2.28. The molecule has 0 saturated heterocycles. The molecule has 1 saturated carbocycles. The first kappa shape index (κ1) is 14.0. The molecule has 0 heterocycles. The summed E-state index contributed by atoms with van der Waals surface area (Å²) in [4.78, 5) is 0. The second-order valence-corrected chi connectivity index (χ2v) is 5.51. The van der Waals surface area contributed by atoms with Crippen molar-refractivity contribution >= 4 is 23.2 Å². The Morgan fingerprint density at radius 3 is 2.56 bits per heavy atom. The van der Waals surface area contributed by atoms with Gasteiger partial charge in [-0.15, -0.1) is 0 Å². The summed E-state index contributed by atoms with van der Waals surface area (Å²) in [5, 5.41) is 4.72. The molecular formula is C14H19Cl2NO. The van der Waals surface area contributed by atoms with Crippen LogP contribution in [0.15, 0.2) is 12.1 Å². The first-order valence-corrected chi connectivity index (χ1v) is 7.22. The van der Waals surface area contributed by atoms with Crippen molar-refractivity contribution in [2.45, 2.75) is 32.2 Å². The van der Waals surface area contributed by atoms with Crippen LogP contribution in [-0.2, 0) is 0 Å². The molecule has 0 spiro atoms. The van der Waals surface area contributed by atoms with Crippen LogP contribution >= 0.6 is 23.2 Å². The third kappa shape index (κ3) is 2.76. The smallest absolute Gasteiger partial charge is 0.139 e. The predicted molar refractivity (Wildman–Crippen MR) is 76.8 cm³/mol. The summed E-state index contributed by atoms with van der Waals surface area (Å²) >= 11 is 12.6. The normalized spacial score (nSPS) is 17.3. The molecule has 0 aliphatic heterocycles. The second kappa shape index (κ2) is 6.14. The standard InChI is InChI=1S/C14H19Cl2NO/c1-3-18-13-8-11(15)10(7-12(13)16)14(17-2)9-5-4-6-9/h7-9,14,17H,3-6H2,1-2H3. The van der Waals surface area contributed by atoms with Crippen molar-refractivity contribution in [3.8, 4) is 5.75 Å². The van der Waals surface area contributed by atoms with E-state index in [1.54, 1.807) is 0 Å². The van der Waals surface area contributed by atoms with Gasteiger partial charge in [0.2, 0.25) is 0 Å². The zero-order chi connectivity index (χ0) is 13.1. The minimum atomic E-state index is 0.291. The maximum absolute atomic E-state index is 6.36. The van der Waals surface area contributed by atoms with Crippen LogP contribution in [0.3, 0.4) is 0 Å². The molecule has 0 aromatic heterocycles. The molecule has 4 heteroatoms. The van der Waals surface area contributed by atoms with Gasteiger partial charge in [-0.1, -0.05) is 29.6 Å². The molecule has 1 aliphatic carbocycles. The van der Waals surface area contributed by atoms with Gasteiger partial charge in [-0.05, 0) is 44.4 Å². The predicted octanol–water partition coefficient (Wildman–Crippen LogP) is 4.45. The number of rotatable bonds is 5.